The van der Waals surface area contributed by atoms with Gasteiger partial charge in [0.15, 0.2) is 0 Å². The molecule has 0 spiro atoms. The van der Waals surface area contributed by atoms with Crippen LogP contribution in [0.15, 0.2) is 24.3 Å². The second-order valence-electron chi connectivity index (χ2n) is 5.86. The molecule has 0 amide bonds. The highest BCUT2D eigenvalue weighted by atomic mass is 32.2. The third-order valence-corrected chi connectivity index (χ3v) is 5.07. The summed E-state index contributed by atoms with van der Waals surface area (Å²) in [5.74, 6) is -0.264. The van der Waals surface area contributed by atoms with E-state index in [-0.39, 0.29) is 10.1 Å². The van der Waals surface area contributed by atoms with E-state index >= 15 is 0 Å². The first-order valence-electron chi connectivity index (χ1n) is 6.58. The van der Waals surface area contributed by atoms with Crippen molar-refractivity contribution >= 4 is 17.7 Å². The van der Waals surface area contributed by atoms with Crippen LogP contribution in [0, 0.1) is 0 Å². The normalized spacial score (nSPS) is 25.7. The Labute approximate surface area is 118 Å². The molecule has 1 aromatic rings. The molecule has 1 aliphatic heterocycles. The molecule has 0 aliphatic carbocycles. The van der Waals surface area contributed by atoms with E-state index in [1.807, 2.05) is 13.8 Å². The molecule has 19 heavy (non-hydrogen) atoms. The van der Waals surface area contributed by atoms with E-state index < -0.39 is 12.0 Å². The zero-order valence-corrected chi connectivity index (χ0v) is 12.6. The van der Waals surface area contributed by atoms with Gasteiger partial charge in [-0.25, -0.2) is 0 Å². The number of carboxylic acids is 1. The van der Waals surface area contributed by atoms with Crippen LogP contribution >= 0.6 is 11.8 Å². The smallest absolute Gasteiger partial charge is 0.322 e. The zero-order valence-electron chi connectivity index (χ0n) is 11.8. The van der Waals surface area contributed by atoms with Crippen LogP contribution in [-0.4, -0.2) is 21.9 Å². The Morgan fingerprint density at radius 1 is 1.32 bits per heavy atom. The minimum absolute atomic E-state index is 0.0531. The first-order chi connectivity index (χ1) is 8.81. The van der Waals surface area contributed by atoms with Crippen molar-refractivity contribution in [2.24, 2.45) is 0 Å². The maximum Gasteiger partial charge on any atom is 0.322 e. The Morgan fingerprint density at radius 2 is 1.89 bits per heavy atom. The molecule has 0 aromatic heterocycles. The summed E-state index contributed by atoms with van der Waals surface area (Å²) in [6.07, 6.45) is 0. The maximum absolute atomic E-state index is 11.3. The quantitative estimate of drug-likeness (QED) is 0.890. The fraction of sp³-hybridized carbons (Fsp3) is 0.533. The minimum atomic E-state index is -0.779. The number of thioether (sulfide) groups is 1. The van der Waals surface area contributed by atoms with Gasteiger partial charge in [0.2, 0.25) is 0 Å². The van der Waals surface area contributed by atoms with Gasteiger partial charge in [-0.05, 0) is 30.9 Å². The Hall–Kier alpha value is -1.00. The van der Waals surface area contributed by atoms with Crippen LogP contribution in [0.4, 0.5) is 0 Å². The lowest BCUT2D eigenvalue weighted by molar-refractivity contribution is -0.139. The minimum Gasteiger partial charge on any atom is -0.480 e. The molecular weight excluding hydrogens is 258 g/mol. The predicted molar refractivity (Wildman–Crippen MR) is 79.5 cm³/mol. The molecule has 1 aromatic carbocycles. The highest BCUT2D eigenvalue weighted by Crippen LogP contribution is 2.45. The molecule has 104 valence electrons. The lowest BCUT2D eigenvalue weighted by Crippen LogP contribution is -2.43. The summed E-state index contributed by atoms with van der Waals surface area (Å²) in [6.45, 7) is 8.29. The van der Waals surface area contributed by atoms with E-state index in [0.717, 1.165) is 5.56 Å². The molecule has 2 unspecified atom stereocenters. The van der Waals surface area contributed by atoms with Crippen molar-refractivity contribution in [3.05, 3.63) is 35.4 Å². The van der Waals surface area contributed by atoms with Crippen molar-refractivity contribution < 1.29 is 9.90 Å². The van der Waals surface area contributed by atoms with Gasteiger partial charge in [-0.15, -0.1) is 11.8 Å². The predicted octanol–water partition coefficient (Wildman–Crippen LogP) is 3.38. The largest absolute Gasteiger partial charge is 0.480 e. The highest BCUT2D eigenvalue weighted by molar-refractivity contribution is 8.01. The van der Waals surface area contributed by atoms with Crippen molar-refractivity contribution in [2.75, 3.05) is 0 Å². The molecule has 1 saturated heterocycles. The molecule has 2 N–H and O–H groups in total. The van der Waals surface area contributed by atoms with Crippen LogP contribution in [0.1, 0.15) is 50.1 Å². The Kier molecular flexibility index (Phi) is 3.92. The van der Waals surface area contributed by atoms with E-state index in [2.05, 4.69) is 43.4 Å². The average Bonchev–Trinajstić information content (AvgIpc) is 2.65. The molecule has 1 heterocycles. The van der Waals surface area contributed by atoms with Gasteiger partial charge in [0.25, 0.3) is 0 Å². The maximum atomic E-state index is 11.3. The average molecular weight is 279 g/mol. The molecule has 4 heteroatoms. The number of carbonyl (C=O) groups is 1. The molecule has 2 atom stereocenters. The van der Waals surface area contributed by atoms with Gasteiger partial charge in [-0.3, -0.25) is 10.1 Å². The summed E-state index contributed by atoms with van der Waals surface area (Å²) in [4.78, 5) is 11.3. The van der Waals surface area contributed by atoms with Crippen LogP contribution in [0.3, 0.4) is 0 Å². The zero-order chi connectivity index (χ0) is 14.2. The monoisotopic (exact) mass is 279 g/mol. The summed E-state index contributed by atoms with van der Waals surface area (Å²) in [5.41, 5.74) is 2.45. The second-order valence-corrected chi connectivity index (χ2v) is 7.62. The number of nitrogens with one attached hydrogen (secondary N) is 1. The van der Waals surface area contributed by atoms with E-state index in [9.17, 15) is 9.90 Å². The highest BCUT2D eigenvalue weighted by Gasteiger charge is 2.45. The van der Waals surface area contributed by atoms with E-state index in [1.54, 1.807) is 11.8 Å². The van der Waals surface area contributed by atoms with Crippen LogP contribution in [0.2, 0.25) is 0 Å². The van der Waals surface area contributed by atoms with Gasteiger partial charge in [0, 0.05) is 4.75 Å². The summed E-state index contributed by atoms with van der Waals surface area (Å²) >= 11 is 1.68. The topological polar surface area (TPSA) is 49.3 Å². The molecule has 3 nitrogen and oxygen atoms in total. The summed E-state index contributed by atoms with van der Waals surface area (Å²) in [6, 6.07) is 7.94. The molecular formula is C15H21NO2S. The molecule has 0 bridgehead atoms. The summed E-state index contributed by atoms with van der Waals surface area (Å²) < 4.78 is -0.298. The Balaban J connectivity index is 2.18. The number of benzene rings is 1. The number of carboxylic acid groups (broad SMARTS) is 1. The van der Waals surface area contributed by atoms with Gasteiger partial charge < -0.3 is 5.11 Å². The van der Waals surface area contributed by atoms with Crippen molar-refractivity contribution in [3.8, 4) is 0 Å². The van der Waals surface area contributed by atoms with Crippen molar-refractivity contribution in [1.82, 2.24) is 5.32 Å². The van der Waals surface area contributed by atoms with E-state index in [0.29, 0.717) is 5.92 Å². The fourth-order valence-corrected chi connectivity index (χ4v) is 3.76. The molecule has 2 rings (SSSR count). The SMILES string of the molecule is CC(C)c1ccc(C2NC(C(=O)O)C(C)(C)S2)cc1. The third kappa shape index (κ3) is 2.95. The number of rotatable bonds is 3. The van der Waals surface area contributed by atoms with Gasteiger partial charge in [0.1, 0.15) is 6.04 Å². The van der Waals surface area contributed by atoms with Gasteiger partial charge in [-0.2, -0.15) is 0 Å². The van der Waals surface area contributed by atoms with Gasteiger partial charge in [0.05, 0.1) is 5.37 Å². The number of hydrogen-bond acceptors (Lipinski definition) is 3. The molecule has 1 fully saturated rings. The molecule has 0 saturated carbocycles. The lowest BCUT2D eigenvalue weighted by Gasteiger charge is -2.20. The molecule has 1 aliphatic rings. The third-order valence-electron chi connectivity index (χ3n) is 3.59. The Morgan fingerprint density at radius 3 is 2.32 bits per heavy atom. The van der Waals surface area contributed by atoms with Crippen LogP contribution in [0.5, 0.6) is 0 Å². The van der Waals surface area contributed by atoms with Gasteiger partial charge in [-0.1, -0.05) is 38.1 Å². The van der Waals surface area contributed by atoms with Crippen molar-refractivity contribution in [3.63, 3.8) is 0 Å². The number of aliphatic carboxylic acids is 1. The van der Waals surface area contributed by atoms with Gasteiger partial charge >= 0.3 is 5.97 Å². The Bertz CT molecular complexity index is 468. The first kappa shape index (κ1) is 14.4. The van der Waals surface area contributed by atoms with E-state index in [1.165, 1.54) is 5.56 Å². The second kappa shape index (κ2) is 5.17. The molecule has 0 radical (unpaired) electrons. The van der Waals surface area contributed by atoms with Crippen LogP contribution in [-0.2, 0) is 4.79 Å². The lowest BCUT2D eigenvalue weighted by atomic mass is 10.0. The van der Waals surface area contributed by atoms with Crippen molar-refractivity contribution in [2.45, 2.75) is 49.8 Å². The standard InChI is InChI=1S/C15H21NO2S/c1-9(2)10-5-7-11(8-6-10)13-16-12(14(17)18)15(3,4)19-13/h5-9,12-13,16H,1-4H3,(H,17,18). The van der Waals surface area contributed by atoms with Crippen LogP contribution < -0.4 is 5.32 Å². The van der Waals surface area contributed by atoms with Crippen molar-refractivity contribution in [1.29, 1.82) is 0 Å². The van der Waals surface area contributed by atoms with Crippen LogP contribution in [0.25, 0.3) is 0 Å². The summed E-state index contributed by atoms with van der Waals surface area (Å²) in [7, 11) is 0. The first-order valence-corrected chi connectivity index (χ1v) is 7.46. The summed E-state index contributed by atoms with van der Waals surface area (Å²) in [5, 5.41) is 12.5. The van der Waals surface area contributed by atoms with E-state index in [4.69, 9.17) is 0 Å². The fourth-order valence-electron chi connectivity index (χ4n) is 2.35. The number of hydrogen-bond donors (Lipinski definition) is 2.